The normalized spacial score (nSPS) is 13.9. The van der Waals surface area contributed by atoms with Crippen molar-refractivity contribution in [1.29, 1.82) is 0 Å². The SMILES string of the molecule is Cc1nc2ccccc2c(C)c1CC(=O)Nc1ccccc1N1CCCC1. The van der Waals surface area contributed by atoms with Crippen molar-refractivity contribution in [1.82, 2.24) is 4.98 Å². The molecule has 0 saturated carbocycles. The zero-order valence-electron chi connectivity index (χ0n) is 16.0. The number of nitrogens with zero attached hydrogens (tertiary/aromatic N) is 2. The van der Waals surface area contributed by atoms with Crippen LogP contribution < -0.4 is 10.2 Å². The molecule has 0 spiro atoms. The summed E-state index contributed by atoms with van der Waals surface area (Å²) in [6.45, 7) is 6.18. The van der Waals surface area contributed by atoms with Crippen LogP contribution in [0.5, 0.6) is 0 Å². The number of anilines is 2. The Labute approximate surface area is 160 Å². The van der Waals surface area contributed by atoms with Crippen molar-refractivity contribution in [3.05, 3.63) is 65.4 Å². The molecule has 1 N–H and O–H groups in total. The monoisotopic (exact) mass is 359 g/mol. The quantitative estimate of drug-likeness (QED) is 0.738. The van der Waals surface area contributed by atoms with Gasteiger partial charge in [0, 0.05) is 24.2 Å². The lowest BCUT2D eigenvalue weighted by molar-refractivity contribution is -0.115. The molecule has 0 aliphatic carbocycles. The lowest BCUT2D eigenvalue weighted by atomic mass is 9.99. The predicted molar refractivity (Wildman–Crippen MR) is 111 cm³/mol. The first kappa shape index (κ1) is 17.5. The Hall–Kier alpha value is -2.88. The molecule has 4 heteroatoms. The first-order valence-electron chi connectivity index (χ1n) is 9.62. The third kappa shape index (κ3) is 3.52. The van der Waals surface area contributed by atoms with E-state index in [-0.39, 0.29) is 5.91 Å². The molecule has 27 heavy (non-hydrogen) atoms. The van der Waals surface area contributed by atoms with Gasteiger partial charge in [-0.05, 0) is 56.0 Å². The van der Waals surface area contributed by atoms with Crippen LogP contribution in [0.25, 0.3) is 10.9 Å². The Bertz CT molecular complexity index is 990. The van der Waals surface area contributed by atoms with Crippen LogP contribution in [0.2, 0.25) is 0 Å². The van der Waals surface area contributed by atoms with Crippen molar-refractivity contribution in [3.8, 4) is 0 Å². The van der Waals surface area contributed by atoms with Gasteiger partial charge in [0.1, 0.15) is 0 Å². The molecule has 2 aromatic carbocycles. The summed E-state index contributed by atoms with van der Waals surface area (Å²) in [6.07, 6.45) is 2.76. The lowest BCUT2D eigenvalue weighted by Gasteiger charge is -2.21. The minimum absolute atomic E-state index is 0.00456. The van der Waals surface area contributed by atoms with Gasteiger partial charge in [-0.2, -0.15) is 0 Å². The van der Waals surface area contributed by atoms with E-state index in [9.17, 15) is 4.79 Å². The molecular formula is C23H25N3O. The van der Waals surface area contributed by atoms with Crippen LogP contribution in [0, 0.1) is 13.8 Å². The maximum absolute atomic E-state index is 12.8. The van der Waals surface area contributed by atoms with Crippen molar-refractivity contribution < 1.29 is 4.79 Å². The molecule has 1 aliphatic rings. The largest absolute Gasteiger partial charge is 0.370 e. The van der Waals surface area contributed by atoms with E-state index in [1.165, 1.54) is 12.8 Å². The third-order valence-electron chi connectivity index (χ3n) is 5.45. The summed E-state index contributed by atoms with van der Waals surface area (Å²) in [6, 6.07) is 16.2. The highest BCUT2D eigenvalue weighted by atomic mass is 16.1. The van der Waals surface area contributed by atoms with E-state index < -0.39 is 0 Å². The van der Waals surface area contributed by atoms with E-state index in [2.05, 4.69) is 34.3 Å². The molecule has 4 rings (SSSR count). The molecule has 1 amide bonds. The van der Waals surface area contributed by atoms with Gasteiger partial charge in [0.15, 0.2) is 0 Å². The molecule has 138 valence electrons. The second-order valence-electron chi connectivity index (χ2n) is 7.25. The fourth-order valence-electron chi connectivity index (χ4n) is 4.00. The minimum Gasteiger partial charge on any atom is -0.370 e. The van der Waals surface area contributed by atoms with Gasteiger partial charge in [-0.25, -0.2) is 0 Å². The van der Waals surface area contributed by atoms with Crippen molar-refractivity contribution in [2.45, 2.75) is 33.1 Å². The molecule has 1 saturated heterocycles. The molecule has 1 aromatic heterocycles. The van der Waals surface area contributed by atoms with E-state index in [0.717, 1.165) is 52.2 Å². The lowest BCUT2D eigenvalue weighted by Crippen LogP contribution is -2.22. The van der Waals surface area contributed by atoms with Crippen LogP contribution in [0.3, 0.4) is 0 Å². The highest BCUT2D eigenvalue weighted by Crippen LogP contribution is 2.29. The Balaban J connectivity index is 1.58. The molecular weight excluding hydrogens is 334 g/mol. The average Bonchev–Trinajstić information content (AvgIpc) is 3.20. The van der Waals surface area contributed by atoms with Gasteiger partial charge in [0.05, 0.1) is 23.3 Å². The number of carbonyl (C=O) groups excluding carboxylic acids is 1. The Morgan fingerprint density at radius 2 is 1.74 bits per heavy atom. The van der Waals surface area contributed by atoms with Gasteiger partial charge in [-0.1, -0.05) is 30.3 Å². The van der Waals surface area contributed by atoms with Gasteiger partial charge in [-0.15, -0.1) is 0 Å². The third-order valence-corrected chi connectivity index (χ3v) is 5.45. The Morgan fingerprint density at radius 1 is 1.04 bits per heavy atom. The number of carbonyl (C=O) groups is 1. The van der Waals surface area contributed by atoms with Crippen LogP contribution in [-0.4, -0.2) is 24.0 Å². The highest BCUT2D eigenvalue weighted by molar-refractivity contribution is 5.96. The van der Waals surface area contributed by atoms with Crippen molar-refractivity contribution in [2.75, 3.05) is 23.3 Å². The highest BCUT2D eigenvalue weighted by Gasteiger charge is 2.18. The van der Waals surface area contributed by atoms with Crippen LogP contribution in [0.4, 0.5) is 11.4 Å². The number of aromatic nitrogens is 1. The number of para-hydroxylation sites is 3. The van der Waals surface area contributed by atoms with Crippen LogP contribution in [0.1, 0.15) is 29.7 Å². The standard InChI is InChI=1S/C23H25N3O/c1-16-18-9-3-4-10-20(18)24-17(2)19(16)15-23(27)25-21-11-5-6-12-22(21)26-13-7-8-14-26/h3-6,9-12H,7-8,13-15H2,1-2H3,(H,25,27). The second kappa shape index (κ2) is 7.39. The molecule has 1 fully saturated rings. The zero-order valence-corrected chi connectivity index (χ0v) is 16.0. The summed E-state index contributed by atoms with van der Waals surface area (Å²) < 4.78 is 0. The average molecular weight is 359 g/mol. The molecule has 0 unspecified atom stereocenters. The number of amides is 1. The van der Waals surface area contributed by atoms with E-state index in [0.29, 0.717) is 6.42 Å². The Morgan fingerprint density at radius 3 is 2.56 bits per heavy atom. The van der Waals surface area contributed by atoms with E-state index in [1.54, 1.807) is 0 Å². The van der Waals surface area contributed by atoms with E-state index in [1.807, 2.05) is 43.3 Å². The number of nitrogens with one attached hydrogen (secondary N) is 1. The first-order valence-corrected chi connectivity index (χ1v) is 9.62. The topological polar surface area (TPSA) is 45.2 Å². The van der Waals surface area contributed by atoms with Crippen molar-refractivity contribution in [2.24, 2.45) is 0 Å². The fourth-order valence-corrected chi connectivity index (χ4v) is 4.00. The number of hydrogen-bond donors (Lipinski definition) is 1. The predicted octanol–water partition coefficient (Wildman–Crippen LogP) is 4.63. The number of hydrogen-bond acceptors (Lipinski definition) is 3. The number of pyridine rings is 1. The summed E-state index contributed by atoms with van der Waals surface area (Å²) in [7, 11) is 0. The van der Waals surface area contributed by atoms with Gasteiger partial charge < -0.3 is 10.2 Å². The molecule has 1 aliphatic heterocycles. The number of aryl methyl sites for hydroxylation is 2. The molecule has 4 nitrogen and oxygen atoms in total. The molecule has 0 radical (unpaired) electrons. The van der Waals surface area contributed by atoms with Gasteiger partial charge in [-0.3, -0.25) is 9.78 Å². The summed E-state index contributed by atoms with van der Waals surface area (Å²) in [5.41, 5.74) is 6.08. The maximum Gasteiger partial charge on any atom is 0.228 e. The van der Waals surface area contributed by atoms with Crippen molar-refractivity contribution >= 4 is 28.2 Å². The zero-order chi connectivity index (χ0) is 18.8. The number of benzene rings is 2. The van der Waals surface area contributed by atoms with E-state index >= 15 is 0 Å². The van der Waals surface area contributed by atoms with Gasteiger partial charge >= 0.3 is 0 Å². The van der Waals surface area contributed by atoms with E-state index in [4.69, 9.17) is 0 Å². The van der Waals surface area contributed by atoms with Crippen LogP contribution >= 0.6 is 0 Å². The molecule has 0 atom stereocenters. The number of fused-ring (bicyclic) bond motifs is 1. The number of rotatable bonds is 4. The van der Waals surface area contributed by atoms with Crippen molar-refractivity contribution in [3.63, 3.8) is 0 Å². The smallest absolute Gasteiger partial charge is 0.228 e. The maximum atomic E-state index is 12.8. The summed E-state index contributed by atoms with van der Waals surface area (Å²) >= 11 is 0. The molecule has 0 bridgehead atoms. The van der Waals surface area contributed by atoms with Crippen LogP contribution in [0.15, 0.2) is 48.5 Å². The van der Waals surface area contributed by atoms with Gasteiger partial charge in [0.2, 0.25) is 5.91 Å². The summed E-state index contributed by atoms with van der Waals surface area (Å²) in [5.74, 6) is 0.00456. The van der Waals surface area contributed by atoms with Crippen LogP contribution in [-0.2, 0) is 11.2 Å². The summed E-state index contributed by atoms with van der Waals surface area (Å²) in [4.78, 5) is 19.9. The fraction of sp³-hybridized carbons (Fsp3) is 0.304. The Kier molecular flexibility index (Phi) is 4.80. The summed E-state index contributed by atoms with van der Waals surface area (Å²) in [5, 5.41) is 4.24. The molecule has 3 aromatic rings. The molecule has 2 heterocycles. The minimum atomic E-state index is 0.00456. The van der Waals surface area contributed by atoms with Gasteiger partial charge in [0.25, 0.3) is 0 Å². The first-order chi connectivity index (χ1) is 13.1. The second-order valence-corrected chi connectivity index (χ2v) is 7.25.